The second-order valence-electron chi connectivity index (χ2n) is 3.54. The Hall–Kier alpha value is -1.36. The van der Waals surface area contributed by atoms with Crippen LogP contribution in [0.25, 0.3) is 0 Å². The lowest BCUT2D eigenvalue weighted by Gasteiger charge is -2.06. The van der Waals surface area contributed by atoms with Gasteiger partial charge >= 0.3 is 0 Å². The third-order valence-electron chi connectivity index (χ3n) is 2.09. The SMILES string of the molecule is CNCCNC(=O)Cn1nc(C)cc1C. The highest BCUT2D eigenvalue weighted by Gasteiger charge is 2.05. The smallest absolute Gasteiger partial charge is 0.241 e. The van der Waals surface area contributed by atoms with Gasteiger partial charge in [-0.2, -0.15) is 5.10 Å². The van der Waals surface area contributed by atoms with E-state index in [0.29, 0.717) is 13.1 Å². The van der Waals surface area contributed by atoms with Crippen molar-refractivity contribution in [1.29, 1.82) is 0 Å². The number of hydrogen-bond donors (Lipinski definition) is 2. The summed E-state index contributed by atoms with van der Waals surface area (Å²) in [6.45, 7) is 5.59. The van der Waals surface area contributed by atoms with E-state index in [1.807, 2.05) is 27.0 Å². The molecular weight excluding hydrogens is 192 g/mol. The molecule has 5 heteroatoms. The zero-order valence-electron chi connectivity index (χ0n) is 9.50. The Kier molecular flexibility index (Phi) is 4.30. The van der Waals surface area contributed by atoms with Crippen LogP contribution >= 0.6 is 0 Å². The molecule has 0 unspecified atom stereocenters. The molecule has 0 saturated carbocycles. The van der Waals surface area contributed by atoms with Crippen LogP contribution in [-0.4, -0.2) is 35.8 Å². The van der Waals surface area contributed by atoms with Gasteiger partial charge < -0.3 is 10.6 Å². The molecule has 1 rings (SSSR count). The van der Waals surface area contributed by atoms with Gasteiger partial charge in [-0.1, -0.05) is 0 Å². The summed E-state index contributed by atoms with van der Waals surface area (Å²) in [7, 11) is 1.85. The second kappa shape index (κ2) is 5.50. The molecule has 2 N–H and O–H groups in total. The fraction of sp³-hybridized carbons (Fsp3) is 0.600. The fourth-order valence-electron chi connectivity index (χ4n) is 1.35. The Balaban J connectivity index is 2.41. The van der Waals surface area contributed by atoms with Gasteiger partial charge in [-0.3, -0.25) is 9.48 Å². The minimum absolute atomic E-state index is 0.00329. The van der Waals surface area contributed by atoms with E-state index in [1.54, 1.807) is 4.68 Å². The van der Waals surface area contributed by atoms with Gasteiger partial charge in [0, 0.05) is 18.8 Å². The van der Waals surface area contributed by atoms with E-state index < -0.39 is 0 Å². The number of carbonyl (C=O) groups excluding carboxylic acids is 1. The lowest BCUT2D eigenvalue weighted by molar-refractivity contribution is -0.121. The lowest BCUT2D eigenvalue weighted by Crippen LogP contribution is -2.33. The van der Waals surface area contributed by atoms with Crippen molar-refractivity contribution in [2.24, 2.45) is 0 Å². The van der Waals surface area contributed by atoms with Crippen molar-refractivity contribution in [3.8, 4) is 0 Å². The third-order valence-corrected chi connectivity index (χ3v) is 2.09. The summed E-state index contributed by atoms with van der Waals surface area (Å²) in [5.74, 6) is -0.00329. The Morgan fingerprint density at radius 1 is 1.47 bits per heavy atom. The first-order valence-electron chi connectivity index (χ1n) is 5.06. The lowest BCUT2D eigenvalue weighted by atomic mass is 10.4. The van der Waals surface area contributed by atoms with Crippen LogP contribution in [0.15, 0.2) is 6.07 Å². The molecule has 0 bridgehead atoms. The van der Waals surface area contributed by atoms with Crippen molar-refractivity contribution < 1.29 is 4.79 Å². The van der Waals surface area contributed by atoms with Gasteiger partial charge in [0.1, 0.15) is 6.54 Å². The molecular formula is C10H18N4O. The summed E-state index contributed by atoms with van der Waals surface area (Å²) >= 11 is 0. The quantitative estimate of drug-likeness (QED) is 0.664. The Bertz CT molecular complexity index is 332. The number of nitrogens with one attached hydrogen (secondary N) is 2. The maximum absolute atomic E-state index is 11.4. The van der Waals surface area contributed by atoms with Crippen LogP contribution in [0, 0.1) is 13.8 Å². The van der Waals surface area contributed by atoms with Crippen molar-refractivity contribution in [1.82, 2.24) is 20.4 Å². The molecule has 1 aromatic rings. The third kappa shape index (κ3) is 3.71. The molecule has 1 heterocycles. The summed E-state index contributed by atoms with van der Waals surface area (Å²) in [6.07, 6.45) is 0. The topological polar surface area (TPSA) is 58.9 Å². The standard InChI is InChI=1S/C10H18N4O/c1-8-6-9(2)14(13-8)7-10(15)12-5-4-11-3/h6,11H,4-5,7H2,1-3H3,(H,12,15). The molecule has 84 valence electrons. The highest BCUT2D eigenvalue weighted by atomic mass is 16.2. The molecule has 0 radical (unpaired) electrons. The molecule has 1 amide bonds. The molecule has 0 fully saturated rings. The number of carbonyl (C=O) groups is 1. The summed E-state index contributed by atoms with van der Waals surface area (Å²) in [5, 5.41) is 9.99. The van der Waals surface area contributed by atoms with Crippen LogP contribution in [0.1, 0.15) is 11.4 Å². The van der Waals surface area contributed by atoms with Gasteiger partial charge in [-0.15, -0.1) is 0 Å². The second-order valence-corrected chi connectivity index (χ2v) is 3.54. The average Bonchev–Trinajstić information content (AvgIpc) is 2.45. The van der Waals surface area contributed by atoms with Gasteiger partial charge in [-0.25, -0.2) is 0 Å². The maximum atomic E-state index is 11.4. The average molecular weight is 210 g/mol. The monoisotopic (exact) mass is 210 g/mol. The molecule has 0 saturated heterocycles. The molecule has 5 nitrogen and oxygen atoms in total. The van der Waals surface area contributed by atoms with Crippen molar-refractivity contribution in [2.75, 3.05) is 20.1 Å². The van der Waals surface area contributed by atoms with Crippen LogP contribution in [0.3, 0.4) is 0 Å². The van der Waals surface area contributed by atoms with E-state index in [-0.39, 0.29) is 5.91 Å². The van der Waals surface area contributed by atoms with E-state index in [9.17, 15) is 4.79 Å². The zero-order valence-corrected chi connectivity index (χ0v) is 9.50. The van der Waals surface area contributed by atoms with E-state index in [1.165, 1.54) is 0 Å². The summed E-state index contributed by atoms with van der Waals surface area (Å²) < 4.78 is 1.71. The van der Waals surface area contributed by atoms with Gasteiger partial charge in [0.15, 0.2) is 0 Å². The first-order valence-corrected chi connectivity index (χ1v) is 5.06. The van der Waals surface area contributed by atoms with E-state index in [4.69, 9.17) is 0 Å². The Labute approximate surface area is 89.9 Å². The maximum Gasteiger partial charge on any atom is 0.241 e. The van der Waals surface area contributed by atoms with Crippen molar-refractivity contribution in [3.63, 3.8) is 0 Å². The van der Waals surface area contributed by atoms with Crippen molar-refractivity contribution >= 4 is 5.91 Å². The van der Waals surface area contributed by atoms with Gasteiger partial charge in [0.2, 0.25) is 5.91 Å². The minimum atomic E-state index is -0.00329. The largest absolute Gasteiger partial charge is 0.353 e. The number of aryl methyl sites for hydroxylation is 2. The summed E-state index contributed by atoms with van der Waals surface area (Å²) in [5.41, 5.74) is 1.95. The number of hydrogen-bond acceptors (Lipinski definition) is 3. The Morgan fingerprint density at radius 3 is 2.73 bits per heavy atom. The molecule has 0 aliphatic rings. The van der Waals surface area contributed by atoms with Crippen LogP contribution in [0.2, 0.25) is 0 Å². The van der Waals surface area contributed by atoms with Gasteiger partial charge in [0.05, 0.1) is 5.69 Å². The number of likely N-dealkylation sites (N-methyl/N-ethyl adjacent to an activating group) is 1. The summed E-state index contributed by atoms with van der Waals surface area (Å²) in [4.78, 5) is 11.4. The molecule has 1 aromatic heterocycles. The normalized spacial score (nSPS) is 10.3. The van der Waals surface area contributed by atoms with Crippen LogP contribution in [-0.2, 0) is 11.3 Å². The molecule has 0 spiro atoms. The predicted molar refractivity (Wildman–Crippen MR) is 58.6 cm³/mol. The fourth-order valence-corrected chi connectivity index (χ4v) is 1.35. The number of amides is 1. The molecule has 0 aliphatic carbocycles. The van der Waals surface area contributed by atoms with E-state index in [0.717, 1.165) is 17.9 Å². The van der Waals surface area contributed by atoms with E-state index in [2.05, 4.69) is 15.7 Å². The number of aromatic nitrogens is 2. The first-order chi connectivity index (χ1) is 7.13. The van der Waals surface area contributed by atoms with Crippen LogP contribution < -0.4 is 10.6 Å². The molecule has 0 atom stereocenters. The van der Waals surface area contributed by atoms with E-state index >= 15 is 0 Å². The zero-order chi connectivity index (χ0) is 11.3. The van der Waals surface area contributed by atoms with Gasteiger partial charge in [-0.05, 0) is 27.0 Å². The molecule has 0 aromatic carbocycles. The molecule has 0 aliphatic heterocycles. The predicted octanol–water partition coefficient (Wildman–Crippen LogP) is -0.164. The number of nitrogens with zero attached hydrogens (tertiary/aromatic N) is 2. The van der Waals surface area contributed by atoms with Gasteiger partial charge in [0.25, 0.3) is 0 Å². The van der Waals surface area contributed by atoms with Crippen LogP contribution in [0.5, 0.6) is 0 Å². The highest BCUT2D eigenvalue weighted by Crippen LogP contribution is 2.00. The van der Waals surface area contributed by atoms with Crippen molar-refractivity contribution in [3.05, 3.63) is 17.5 Å². The molecule has 15 heavy (non-hydrogen) atoms. The van der Waals surface area contributed by atoms with Crippen LogP contribution in [0.4, 0.5) is 0 Å². The number of rotatable bonds is 5. The minimum Gasteiger partial charge on any atom is -0.353 e. The summed E-state index contributed by atoms with van der Waals surface area (Å²) in [6, 6.07) is 1.96. The Morgan fingerprint density at radius 2 is 2.20 bits per heavy atom. The highest BCUT2D eigenvalue weighted by molar-refractivity contribution is 5.75. The first kappa shape index (κ1) is 11.7. The van der Waals surface area contributed by atoms with Crippen molar-refractivity contribution in [2.45, 2.75) is 20.4 Å².